The van der Waals surface area contributed by atoms with Crippen molar-refractivity contribution in [2.24, 2.45) is 0 Å². The maximum Gasteiger partial charge on any atom is 0.229 e. The van der Waals surface area contributed by atoms with Gasteiger partial charge < -0.3 is 20.1 Å². The predicted octanol–water partition coefficient (Wildman–Crippen LogP) is 5.29. The van der Waals surface area contributed by atoms with E-state index in [0.717, 1.165) is 5.69 Å². The van der Waals surface area contributed by atoms with Crippen LogP contribution in [0, 0.1) is 0 Å². The van der Waals surface area contributed by atoms with E-state index in [1.165, 1.54) is 0 Å². The van der Waals surface area contributed by atoms with E-state index >= 15 is 0 Å². The number of aromatic nitrogens is 2. The van der Waals surface area contributed by atoms with Crippen molar-refractivity contribution in [3.63, 3.8) is 0 Å². The first-order valence-electron chi connectivity index (χ1n) is 7.63. The van der Waals surface area contributed by atoms with Crippen molar-refractivity contribution in [3.05, 3.63) is 58.7 Å². The van der Waals surface area contributed by atoms with Gasteiger partial charge in [0.1, 0.15) is 17.3 Å². The molecule has 0 aliphatic heterocycles. The lowest BCUT2D eigenvalue weighted by Crippen LogP contribution is -2.01. The number of anilines is 4. The average molecular weight is 391 g/mol. The highest BCUT2D eigenvalue weighted by molar-refractivity contribution is 6.32. The van der Waals surface area contributed by atoms with Gasteiger partial charge in [-0.25, -0.2) is 4.98 Å². The quantitative estimate of drug-likeness (QED) is 0.595. The minimum absolute atomic E-state index is 0.414. The van der Waals surface area contributed by atoms with Crippen LogP contribution in [0.3, 0.4) is 0 Å². The van der Waals surface area contributed by atoms with Gasteiger partial charge in [-0.05, 0) is 42.5 Å². The molecule has 0 fully saturated rings. The molecule has 2 aromatic carbocycles. The molecule has 0 amide bonds. The fourth-order valence-corrected chi connectivity index (χ4v) is 2.71. The third kappa shape index (κ3) is 4.28. The van der Waals surface area contributed by atoms with Gasteiger partial charge in [0, 0.05) is 16.9 Å². The summed E-state index contributed by atoms with van der Waals surface area (Å²) in [7, 11) is 3.16. The van der Waals surface area contributed by atoms with E-state index in [9.17, 15) is 0 Å². The minimum atomic E-state index is 0.414. The van der Waals surface area contributed by atoms with Gasteiger partial charge in [-0.15, -0.1) is 0 Å². The Kier molecular flexibility index (Phi) is 5.65. The van der Waals surface area contributed by atoms with Crippen LogP contribution in [0.25, 0.3) is 0 Å². The van der Waals surface area contributed by atoms with E-state index < -0.39 is 0 Å². The van der Waals surface area contributed by atoms with E-state index in [4.69, 9.17) is 32.7 Å². The van der Waals surface area contributed by atoms with E-state index in [1.54, 1.807) is 56.8 Å². The molecule has 0 atom stereocenters. The number of hydrogen-bond donors (Lipinski definition) is 2. The second kappa shape index (κ2) is 8.12. The van der Waals surface area contributed by atoms with Crippen molar-refractivity contribution in [1.29, 1.82) is 0 Å². The van der Waals surface area contributed by atoms with E-state index in [2.05, 4.69) is 20.6 Å². The summed E-state index contributed by atoms with van der Waals surface area (Å²) in [5, 5.41) is 7.36. The maximum atomic E-state index is 6.14. The standard InChI is InChI=1S/C18H16Cl2N4O2/c1-25-15-6-4-12(10-13(15)20)22-18-21-8-7-17(24-18)23-14-9-11(19)3-5-16(14)26-2/h3-10H,1-2H3,(H2,21,22,23,24). The molecule has 0 saturated carbocycles. The van der Waals surface area contributed by atoms with Crippen molar-refractivity contribution in [3.8, 4) is 11.5 Å². The van der Waals surface area contributed by atoms with Crippen molar-refractivity contribution in [2.45, 2.75) is 0 Å². The highest BCUT2D eigenvalue weighted by Crippen LogP contribution is 2.31. The van der Waals surface area contributed by atoms with Crippen LogP contribution in [0.1, 0.15) is 0 Å². The Bertz CT molecular complexity index is 921. The van der Waals surface area contributed by atoms with Crippen molar-refractivity contribution in [1.82, 2.24) is 9.97 Å². The summed E-state index contributed by atoms with van der Waals surface area (Å²) in [6.07, 6.45) is 1.64. The molecule has 3 aromatic rings. The third-order valence-electron chi connectivity index (χ3n) is 3.49. The molecule has 0 saturated heterocycles. The molecule has 8 heteroatoms. The SMILES string of the molecule is COc1ccc(Nc2nccc(Nc3cc(Cl)ccc3OC)n2)cc1Cl. The highest BCUT2D eigenvalue weighted by atomic mass is 35.5. The zero-order valence-electron chi connectivity index (χ0n) is 14.1. The second-order valence-electron chi connectivity index (χ2n) is 5.21. The van der Waals surface area contributed by atoms with Crippen LogP contribution >= 0.6 is 23.2 Å². The number of nitrogens with one attached hydrogen (secondary N) is 2. The molecular weight excluding hydrogens is 375 g/mol. The Morgan fingerprint density at radius 3 is 2.38 bits per heavy atom. The summed E-state index contributed by atoms with van der Waals surface area (Å²) >= 11 is 12.2. The lowest BCUT2D eigenvalue weighted by Gasteiger charge is -2.12. The van der Waals surface area contributed by atoms with Crippen molar-refractivity contribution in [2.75, 3.05) is 24.9 Å². The van der Waals surface area contributed by atoms with Crippen LogP contribution < -0.4 is 20.1 Å². The molecular formula is C18H16Cl2N4O2. The molecule has 0 bridgehead atoms. The number of benzene rings is 2. The summed E-state index contributed by atoms with van der Waals surface area (Å²) < 4.78 is 10.5. The molecule has 2 N–H and O–H groups in total. The van der Waals surface area contributed by atoms with Gasteiger partial charge in [0.15, 0.2) is 0 Å². The summed E-state index contributed by atoms with van der Waals surface area (Å²) in [5.41, 5.74) is 1.45. The number of hydrogen-bond acceptors (Lipinski definition) is 6. The molecule has 0 aliphatic carbocycles. The van der Waals surface area contributed by atoms with Gasteiger partial charge in [0.2, 0.25) is 5.95 Å². The van der Waals surface area contributed by atoms with Gasteiger partial charge in [0.05, 0.1) is 24.9 Å². The first-order chi connectivity index (χ1) is 12.6. The van der Waals surface area contributed by atoms with Crippen LogP contribution in [-0.4, -0.2) is 24.2 Å². The van der Waals surface area contributed by atoms with Crippen LogP contribution in [0.15, 0.2) is 48.7 Å². The molecule has 26 heavy (non-hydrogen) atoms. The molecule has 6 nitrogen and oxygen atoms in total. The minimum Gasteiger partial charge on any atom is -0.495 e. The number of halogens is 2. The number of ether oxygens (including phenoxy) is 2. The lowest BCUT2D eigenvalue weighted by molar-refractivity contribution is 0.415. The van der Waals surface area contributed by atoms with Gasteiger partial charge >= 0.3 is 0 Å². The summed E-state index contributed by atoms with van der Waals surface area (Å²) in [5.74, 6) is 2.26. The second-order valence-corrected chi connectivity index (χ2v) is 6.05. The first-order valence-corrected chi connectivity index (χ1v) is 8.39. The summed E-state index contributed by atoms with van der Waals surface area (Å²) in [6, 6.07) is 12.4. The molecule has 0 radical (unpaired) electrons. The Balaban J connectivity index is 1.80. The van der Waals surface area contributed by atoms with Gasteiger partial charge in [-0.1, -0.05) is 23.2 Å². The van der Waals surface area contributed by atoms with Gasteiger partial charge in [0.25, 0.3) is 0 Å². The molecule has 0 spiro atoms. The van der Waals surface area contributed by atoms with Crippen LogP contribution in [0.4, 0.5) is 23.1 Å². The van der Waals surface area contributed by atoms with E-state index in [0.29, 0.717) is 39.0 Å². The smallest absolute Gasteiger partial charge is 0.229 e. The molecule has 0 unspecified atom stereocenters. The molecule has 1 aromatic heterocycles. The fraction of sp³-hybridized carbons (Fsp3) is 0.111. The van der Waals surface area contributed by atoms with Crippen molar-refractivity contribution < 1.29 is 9.47 Å². The molecule has 134 valence electrons. The summed E-state index contributed by atoms with van der Waals surface area (Å²) in [4.78, 5) is 8.65. The predicted molar refractivity (Wildman–Crippen MR) is 105 cm³/mol. The van der Waals surface area contributed by atoms with Gasteiger partial charge in [-0.3, -0.25) is 0 Å². The van der Waals surface area contributed by atoms with Crippen molar-refractivity contribution >= 4 is 46.3 Å². The topological polar surface area (TPSA) is 68.3 Å². The Labute approximate surface area is 161 Å². The Hall–Kier alpha value is -2.70. The van der Waals surface area contributed by atoms with Crippen LogP contribution in [-0.2, 0) is 0 Å². The molecule has 3 rings (SSSR count). The molecule has 1 heterocycles. The zero-order valence-corrected chi connectivity index (χ0v) is 15.6. The van der Waals surface area contributed by atoms with Crippen LogP contribution in [0.5, 0.6) is 11.5 Å². The number of rotatable bonds is 6. The monoisotopic (exact) mass is 390 g/mol. The molecule has 0 aliphatic rings. The Morgan fingerprint density at radius 2 is 1.65 bits per heavy atom. The van der Waals surface area contributed by atoms with E-state index in [-0.39, 0.29) is 0 Å². The average Bonchev–Trinajstić information content (AvgIpc) is 2.62. The highest BCUT2D eigenvalue weighted by Gasteiger charge is 2.07. The fourth-order valence-electron chi connectivity index (χ4n) is 2.28. The normalized spacial score (nSPS) is 10.3. The summed E-state index contributed by atoms with van der Waals surface area (Å²) in [6.45, 7) is 0. The first kappa shape index (κ1) is 18.1. The third-order valence-corrected chi connectivity index (χ3v) is 4.02. The zero-order chi connectivity index (χ0) is 18.5. The maximum absolute atomic E-state index is 6.14. The van der Waals surface area contributed by atoms with Crippen LogP contribution in [0.2, 0.25) is 10.0 Å². The number of methoxy groups -OCH3 is 2. The van der Waals surface area contributed by atoms with E-state index in [1.807, 2.05) is 6.07 Å². The van der Waals surface area contributed by atoms with Gasteiger partial charge in [-0.2, -0.15) is 4.98 Å². The largest absolute Gasteiger partial charge is 0.495 e. The Morgan fingerprint density at radius 1 is 0.885 bits per heavy atom. The lowest BCUT2D eigenvalue weighted by atomic mass is 10.3. The number of nitrogens with zero attached hydrogens (tertiary/aromatic N) is 2.